The Balaban J connectivity index is 1.93. The number of carbonyl (C=O) groups is 3. The van der Waals surface area contributed by atoms with Crippen molar-refractivity contribution < 1.29 is 24.2 Å². The molecule has 0 fully saturated rings. The first-order chi connectivity index (χ1) is 10.5. The standard InChI is InChI=1S/C16H17NO5/c1-2-11-5-10(3-4-12(11)8-18)9-22-15(20)7-13-6-14(19)17-16(13)21/h3-6,18H,2,7-9H2,1H3,(H,17,19,21). The average Bonchev–Trinajstić information content (AvgIpc) is 2.82. The Labute approximate surface area is 127 Å². The molecule has 0 saturated carbocycles. The molecule has 2 N–H and O–H groups in total. The number of aryl methyl sites for hydroxylation is 1. The number of rotatable bonds is 6. The fraction of sp³-hybridized carbons (Fsp3) is 0.312. The third-order valence-corrected chi connectivity index (χ3v) is 3.39. The number of aliphatic hydroxyl groups excluding tert-OH is 1. The Bertz CT molecular complexity index is 648. The van der Waals surface area contributed by atoms with Crippen molar-refractivity contribution in [2.45, 2.75) is 33.0 Å². The maximum absolute atomic E-state index is 11.7. The Morgan fingerprint density at radius 3 is 2.64 bits per heavy atom. The highest BCUT2D eigenvalue weighted by molar-refractivity contribution is 6.17. The maximum Gasteiger partial charge on any atom is 0.310 e. The molecule has 1 aliphatic heterocycles. The van der Waals surface area contributed by atoms with E-state index < -0.39 is 17.8 Å². The summed E-state index contributed by atoms with van der Waals surface area (Å²) in [7, 11) is 0. The van der Waals surface area contributed by atoms with Crippen molar-refractivity contribution in [3.63, 3.8) is 0 Å². The molecule has 0 radical (unpaired) electrons. The van der Waals surface area contributed by atoms with Crippen LogP contribution in [-0.2, 0) is 38.8 Å². The van der Waals surface area contributed by atoms with Crippen LogP contribution in [0.25, 0.3) is 0 Å². The van der Waals surface area contributed by atoms with Gasteiger partial charge in [-0.15, -0.1) is 0 Å². The largest absolute Gasteiger partial charge is 0.461 e. The van der Waals surface area contributed by atoms with Crippen LogP contribution in [0.5, 0.6) is 0 Å². The molecule has 1 aromatic carbocycles. The maximum atomic E-state index is 11.7. The Hall–Kier alpha value is -2.47. The topological polar surface area (TPSA) is 92.7 Å². The zero-order chi connectivity index (χ0) is 16.1. The van der Waals surface area contributed by atoms with Gasteiger partial charge in [0.1, 0.15) is 6.61 Å². The molecular formula is C16H17NO5. The van der Waals surface area contributed by atoms with Crippen molar-refractivity contribution in [2.24, 2.45) is 0 Å². The smallest absolute Gasteiger partial charge is 0.310 e. The number of esters is 1. The highest BCUT2D eigenvalue weighted by atomic mass is 16.5. The van der Waals surface area contributed by atoms with Crippen molar-refractivity contribution in [3.8, 4) is 0 Å². The van der Waals surface area contributed by atoms with E-state index in [0.29, 0.717) is 0 Å². The lowest BCUT2D eigenvalue weighted by molar-refractivity contribution is -0.144. The van der Waals surface area contributed by atoms with Gasteiger partial charge in [-0.3, -0.25) is 19.7 Å². The number of amides is 2. The molecule has 22 heavy (non-hydrogen) atoms. The van der Waals surface area contributed by atoms with Gasteiger partial charge >= 0.3 is 5.97 Å². The van der Waals surface area contributed by atoms with Crippen molar-refractivity contribution in [1.29, 1.82) is 0 Å². The highest BCUT2D eigenvalue weighted by Crippen LogP contribution is 2.15. The van der Waals surface area contributed by atoms with Gasteiger partial charge < -0.3 is 9.84 Å². The van der Waals surface area contributed by atoms with Crippen LogP contribution in [0.15, 0.2) is 29.8 Å². The minimum Gasteiger partial charge on any atom is -0.461 e. The fourth-order valence-corrected chi connectivity index (χ4v) is 2.21. The van der Waals surface area contributed by atoms with Crippen LogP contribution in [0.1, 0.15) is 30.0 Å². The van der Waals surface area contributed by atoms with E-state index >= 15 is 0 Å². The molecule has 0 spiro atoms. The van der Waals surface area contributed by atoms with Gasteiger partial charge in [0, 0.05) is 11.6 Å². The summed E-state index contributed by atoms with van der Waals surface area (Å²) in [4.78, 5) is 34.0. The van der Waals surface area contributed by atoms with Gasteiger partial charge in [0.15, 0.2) is 0 Å². The van der Waals surface area contributed by atoms with Crippen LogP contribution in [0.3, 0.4) is 0 Å². The average molecular weight is 303 g/mol. The minimum atomic E-state index is -0.569. The Morgan fingerprint density at radius 1 is 1.27 bits per heavy atom. The Morgan fingerprint density at radius 2 is 2.05 bits per heavy atom. The van der Waals surface area contributed by atoms with Crippen LogP contribution in [0, 0.1) is 0 Å². The van der Waals surface area contributed by atoms with E-state index in [1.807, 2.05) is 13.0 Å². The molecule has 1 aliphatic rings. The molecule has 2 amide bonds. The van der Waals surface area contributed by atoms with E-state index in [0.717, 1.165) is 29.2 Å². The third-order valence-electron chi connectivity index (χ3n) is 3.39. The fourth-order valence-electron chi connectivity index (χ4n) is 2.21. The number of hydrogen-bond donors (Lipinski definition) is 2. The summed E-state index contributed by atoms with van der Waals surface area (Å²) < 4.78 is 5.11. The molecule has 116 valence electrons. The molecular weight excluding hydrogens is 286 g/mol. The number of benzene rings is 1. The second-order valence-corrected chi connectivity index (χ2v) is 4.94. The first-order valence-electron chi connectivity index (χ1n) is 6.96. The quantitative estimate of drug-likeness (QED) is 0.598. The first-order valence-corrected chi connectivity index (χ1v) is 6.96. The van der Waals surface area contributed by atoms with E-state index in [4.69, 9.17) is 4.74 Å². The Kier molecular flexibility index (Phi) is 5.06. The second kappa shape index (κ2) is 7.00. The van der Waals surface area contributed by atoms with Crippen LogP contribution < -0.4 is 5.32 Å². The molecule has 0 atom stereocenters. The van der Waals surface area contributed by atoms with Crippen LogP contribution in [0.2, 0.25) is 0 Å². The SMILES string of the molecule is CCc1cc(COC(=O)CC2=CC(=O)NC2=O)ccc1CO. The van der Waals surface area contributed by atoms with Crippen LogP contribution in [0.4, 0.5) is 0 Å². The lowest BCUT2D eigenvalue weighted by atomic mass is 10.0. The monoisotopic (exact) mass is 303 g/mol. The molecule has 0 aromatic heterocycles. The predicted molar refractivity (Wildman–Crippen MR) is 77.4 cm³/mol. The van der Waals surface area contributed by atoms with Gasteiger partial charge in [0.2, 0.25) is 0 Å². The molecule has 0 bridgehead atoms. The lowest BCUT2D eigenvalue weighted by Gasteiger charge is -2.09. The summed E-state index contributed by atoms with van der Waals surface area (Å²) in [6, 6.07) is 5.46. The summed E-state index contributed by atoms with van der Waals surface area (Å²) in [5.41, 5.74) is 2.77. The van der Waals surface area contributed by atoms with Crippen molar-refractivity contribution in [1.82, 2.24) is 5.32 Å². The summed E-state index contributed by atoms with van der Waals surface area (Å²) in [6.07, 6.45) is 1.65. The molecule has 0 aliphatic carbocycles. The summed E-state index contributed by atoms with van der Waals surface area (Å²) in [5.74, 6) is -1.64. The number of ether oxygens (including phenoxy) is 1. The van der Waals surface area contributed by atoms with Crippen LogP contribution in [-0.4, -0.2) is 22.9 Å². The van der Waals surface area contributed by atoms with E-state index in [1.54, 1.807) is 12.1 Å². The number of carbonyl (C=O) groups excluding carboxylic acids is 3. The van der Waals surface area contributed by atoms with Crippen molar-refractivity contribution in [2.75, 3.05) is 0 Å². The zero-order valence-corrected chi connectivity index (χ0v) is 12.2. The molecule has 0 saturated heterocycles. The molecule has 1 aromatic rings. The van der Waals surface area contributed by atoms with Gasteiger partial charge in [0.25, 0.3) is 11.8 Å². The van der Waals surface area contributed by atoms with Crippen molar-refractivity contribution >= 4 is 17.8 Å². The number of nitrogens with one attached hydrogen (secondary N) is 1. The van der Waals surface area contributed by atoms with E-state index in [1.165, 1.54) is 0 Å². The number of imide groups is 1. The molecule has 1 heterocycles. The summed E-state index contributed by atoms with van der Waals surface area (Å²) in [5, 5.41) is 11.3. The first kappa shape index (κ1) is 15.9. The molecule has 6 heteroatoms. The minimum absolute atomic E-state index is 0.0272. The second-order valence-electron chi connectivity index (χ2n) is 4.94. The summed E-state index contributed by atoms with van der Waals surface area (Å²) >= 11 is 0. The molecule has 2 rings (SSSR count). The van der Waals surface area contributed by atoms with E-state index in [2.05, 4.69) is 5.32 Å². The van der Waals surface area contributed by atoms with Crippen LogP contribution >= 0.6 is 0 Å². The molecule has 6 nitrogen and oxygen atoms in total. The van der Waals surface area contributed by atoms with Gasteiger partial charge in [-0.05, 0) is 23.1 Å². The normalized spacial score (nSPS) is 13.8. The third kappa shape index (κ3) is 3.79. The van der Waals surface area contributed by atoms with Gasteiger partial charge in [-0.1, -0.05) is 25.1 Å². The predicted octanol–water partition coefficient (Wildman–Crippen LogP) is 0.757. The van der Waals surface area contributed by atoms with Crippen molar-refractivity contribution in [3.05, 3.63) is 46.5 Å². The number of aliphatic hydroxyl groups is 1. The summed E-state index contributed by atoms with van der Waals surface area (Å²) in [6.45, 7) is 2.04. The number of hydrogen-bond acceptors (Lipinski definition) is 5. The van der Waals surface area contributed by atoms with E-state index in [-0.39, 0.29) is 25.2 Å². The van der Waals surface area contributed by atoms with E-state index in [9.17, 15) is 19.5 Å². The van der Waals surface area contributed by atoms with Gasteiger partial charge in [0.05, 0.1) is 13.0 Å². The molecule has 0 unspecified atom stereocenters. The highest BCUT2D eigenvalue weighted by Gasteiger charge is 2.23. The zero-order valence-electron chi connectivity index (χ0n) is 12.2. The van der Waals surface area contributed by atoms with Gasteiger partial charge in [-0.25, -0.2) is 0 Å². The lowest BCUT2D eigenvalue weighted by Crippen LogP contribution is -2.23. The van der Waals surface area contributed by atoms with Gasteiger partial charge in [-0.2, -0.15) is 0 Å².